The summed E-state index contributed by atoms with van der Waals surface area (Å²) in [6.45, 7) is 2.77. The van der Waals surface area contributed by atoms with Crippen LogP contribution in [0.3, 0.4) is 0 Å². The van der Waals surface area contributed by atoms with Crippen molar-refractivity contribution in [1.29, 1.82) is 0 Å². The van der Waals surface area contributed by atoms with Crippen molar-refractivity contribution in [3.8, 4) is 11.5 Å². The van der Waals surface area contributed by atoms with Crippen LogP contribution in [0.4, 0.5) is 0 Å². The Morgan fingerprint density at radius 3 is 2.57 bits per heavy atom. The molecule has 2 nitrogen and oxygen atoms in total. The van der Waals surface area contributed by atoms with Crippen LogP contribution in [0.1, 0.15) is 29.8 Å². The normalized spacial score (nSPS) is 12.0. The maximum atomic E-state index is 6.56. The van der Waals surface area contributed by atoms with Crippen LogP contribution >= 0.6 is 23.2 Å². The van der Waals surface area contributed by atoms with Gasteiger partial charge in [-0.2, -0.15) is 0 Å². The van der Waals surface area contributed by atoms with Gasteiger partial charge in [0.05, 0.1) is 19.1 Å². The number of hydrogen-bond acceptors (Lipinski definition) is 2. The molecule has 0 spiro atoms. The van der Waals surface area contributed by atoms with Crippen molar-refractivity contribution in [3.05, 3.63) is 58.6 Å². The second kappa shape index (κ2) is 7.58. The molecule has 0 bridgehead atoms. The Kier molecular flexibility index (Phi) is 5.77. The van der Waals surface area contributed by atoms with Gasteiger partial charge in [0.2, 0.25) is 0 Å². The molecule has 0 N–H and O–H groups in total. The first-order valence-corrected chi connectivity index (χ1v) is 7.67. The van der Waals surface area contributed by atoms with Crippen LogP contribution in [0.25, 0.3) is 0 Å². The van der Waals surface area contributed by atoms with Gasteiger partial charge in [-0.25, -0.2) is 0 Å². The van der Waals surface area contributed by atoms with Crippen molar-refractivity contribution in [3.63, 3.8) is 0 Å². The van der Waals surface area contributed by atoms with Crippen LogP contribution in [0.2, 0.25) is 5.02 Å². The van der Waals surface area contributed by atoms with E-state index in [4.69, 9.17) is 32.7 Å². The van der Waals surface area contributed by atoms with Gasteiger partial charge in [0.15, 0.2) is 0 Å². The Morgan fingerprint density at radius 1 is 1.10 bits per heavy atom. The Morgan fingerprint density at radius 2 is 1.90 bits per heavy atom. The monoisotopic (exact) mass is 324 g/mol. The highest BCUT2D eigenvalue weighted by Crippen LogP contribution is 2.36. The molecule has 0 aliphatic heterocycles. The maximum absolute atomic E-state index is 6.56. The van der Waals surface area contributed by atoms with E-state index in [0.29, 0.717) is 17.4 Å². The third-order valence-corrected chi connectivity index (χ3v) is 3.92. The number of alkyl halides is 1. The first-order valence-electron chi connectivity index (χ1n) is 6.86. The second-order valence-electron chi connectivity index (χ2n) is 4.67. The van der Waals surface area contributed by atoms with Gasteiger partial charge in [0.25, 0.3) is 0 Å². The van der Waals surface area contributed by atoms with Crippen LogP contribution in [0, 0.1) is 0 Å². The molecule has 2 aromatic rings. The fraction of sp³-hybridized carbons (Fsp3) is 0.294. The molecular formula is C17H18Cl2O2. The summed E-state index contributed by atoms with van der Waals surface area (Å²) in [4.78, 5) is 0. The molecule has 0 amide bonds. The zero-order valence-electron chi connectivity index (χ0n) is 12.1. The largest absolute Gasteiger partial charge is 0.497 e. The summed E-state index contributed by atoms with van der Waals surface area (Å²) in [5.74, 6) is 1.54. The Balaban J connectivity index is 2.25. The molecule has 1 unspecified atom stereocenters. The summed E-state index contributed by atoms with van der Waals surface area (Å²) < 4.78 is 10.8. The van der Waals surface area contributed by atoms with Crippen molar-refractivity contribution in [1.82, 2.24) is 0 Å². The maximum Gasteiger partial charge on any atom is 0.120 e. The van der Waals surface area contributed by atoms with Gasteiger partial charge in [0, 0.05) is 5.02 Å². The van der Waals surface area contributed by atoms with Crippen molar-refractivity contribution in [2.24, 2.45) is 0 Å². The fourth-order valence-electron chi connectivity index (χ4n) is 2.00. The van der Waals surface area contributed by atoms with Gasteiger partial charge < -0.3 is 9.47 Å². The van der Waals surface area contributed by atoms with E-state index in [9.17, 15) is 0 Å². The lowest BCUT2D eigenvalue weighted by Crippen LogP contribution is -1.98. The first kappa shape index (κ1) is 16.0. The van der Waals surface area contributed by atoms with E-state index in [1.807, 2.05) is 36.4 Å². The Bertz CT molecular complexity index is 599. The summed E-state index contributed by atoms with van der Waals surface area (Å²) in [6.07, 6.45) is 0.971. The lowest BCUT2D eigenvalue weighted by atomic mass is 10.0. The van der Waals surface area contributed by atoms with Gasteiger partial charge in [-0.15, -0.1) is 11.6 Å². The lowest BCUT2D eigenvalue weighted by Gasteiger charge is -2.14. The standard InChI is InChI=1S/C17H18Cl2O2/c1-3-9-21-14-6-4-5-12(10-14)17(19)15-8-7-13(20-2)11-16(15)18/h4-8,10-11,17H,3,9H2,1-2H3. The average Bonchev–Trinajstić information content (AvgIpc) is 2.52. The molecule has 2 aromatic carbocycles. The smallest absolute Gasteiger partial charge is 0.120 e. The average molecular weight is 325 g/mol. The minimum Gasteiger partial charge on any atom is -0.497 e. The predicted molar refractivity (Wildman–Crippen MR) is 87.9 cm³/mol. The van der Waals surface area contributed by atoms with Crippen molar-refractivity contribution >= 4 is 23.2 Å². The predicted octanol–water partition coefficient (Wildman–Crippen LogP) is 5.47. The molecule has 0 fully saturated rings. The summed E-state index contributed by atoms with van der Waals surface area (Å²) in [7, 11) is 1.61. The van der Waals surface area contributed by atoms with Gasteiger partial charge >= 0.3 is 0 Å². The molecule has 112 valence electrons. The van der Waals surface area contributed by atoms with E-state index in [2.05, 4.69) is 6.92 Å². The van der Waals surface area contributed by atoms with E-state index >= 15 is 0 Å². The highest BCUT2D eigenvalue weighted by Gasteiger charge is 2.15. The number of hydrogen-bond donors (Lipinski definition) is 0. The molecule has 0 aliphatic carbocycles. The van der Waals surface area contributed by atoms with Crippen LogP contribution in [-0.4, -0.2) is 13.7 Å². The minimum atomic E-state index is -0.325. The molecule has 21 heavy (non-hydrogen) atoms. The molecule has 0 saturated carbocycles. The zero-order chi connectivity index (χ0) is 15.2. The summed E-state index contributed by atoms with van der Waals surface area (Å²) >= 11 is 12.8. The fourth-order valence-corrected chi connectivity index (χ4v) is 2.66. The molecule has 4 heteroatoms. The SMILES string of the molecule is CCCOc1cccc(C(Cl)c2ccc(OC)cc2Cl)c1. The molecule has 1 atom stereocenters. The lowest BCUT2D eigenvalue weighted by molar-refractivity contribution is 0.317. The van der Waals surface area contributed by atoms with E-state index in [1.165, 1.54) is 0 Å². The second-order valence-corrected chi connectivity index (χ2v) is 5.51. The molecule has 2 rings (SSSR count). The topological polar surface area (TPSA) is 18.5 Å². The number of benzene rings is 2. The number of ether oxygens (including phenoxy) is 2. The molecule has 0 aliphatic rings. The molecule has 0 radical (unpaired) electrons. The van der Waals surface area contributed by atoms with Crippen LogP contribution in [0.5, 0.6) is 11.5 Å². The van der Waals surface area contributed by atoms with Gasteiger partial charge in [0.1, 0.15) is 11.5 Å². The van der Waals surface area contributed by atoms with Gasteiger partial charge in [-0.3, -0.25) is 0 Å². The van der Waals surface area contributed by atoms with Crippen molar-refractivity contribution < 1.29 is 9.47 Å². The zero-order valence-corrected chi connectivity index (χ0v) is 13.6. The van der Waals surface area contributed by atoms with E-state index in [-0.39, 0.29) is 5.38 Å². The molecule has 0 saturated heterocycles. The molecular weight excluding hydrogens is 307 g/mol. The van der Waals surface area contributed by atoms with Crippen LogP contribution < -0.4 is 9.47 Å². The van der Waals surface area contributed by atoms with E-state index in [0.717, 1.165) is 23.3 Å². The number of rotatable bonds is 6. The third kappa shape index (κ3) is 4.05. The van der Waals surface area contributed by atoms with Crippen molar-refractivity contribution in [2.75, 3.05) is 13.7 Å². The third-order valence-electron chi connectivity index (χ3n) is 3.10. The quantitative estimate of drug-likeness (QED) is 0.656. The number of methoxy groups -OCH3 is 1. The van der Waals surface area contributed by atoms with Gasteiger partial charge in [-0.05, 0) is 41.8 Å². The highest BCUT2D eigenvalue weighted by molar-refractivity contribution is 6.33. The molecule has 0 heterocycles. The minimum absolute atomic E-state index is 0.325. The molecule has 0 aromatic heterocycles. The summed E-state index contributed by atoms with van der Waals surface area (Å²) in [6, 6.07) is 13.3. The van der Waals surface area contributed by atoms with Crippen LogP contribution in [0.15, 0.2) is 42.5 Å². The van der Waals surface area contributed by atoms with E-state index in [1.54, 1.807) is 13.2 Å². The first-order chi connectivity index (χ1) is 10.2. The van der Waals surface area contributed by atoms with Crippen molar-refractivity contribution in [2.45, 2.75) is 18.7 Å². The Hall–Kier alpha value is -1.38. The number of halogens is 2. The summed E-state index contributed by atoms with van der Waals surface area (Å²) in [5.41, 5.74) is 1.81. The Labute approximate surface area is 135 Å². The summed E-state index contributed by atoms with van der Waals surface area (Å²) in [5, 5.41) is 0.266. The van der Waals surface area contributed by atoms with Gasteiger partial charge in [-0.1, -0.05) is 36.7 Å². The van der Waals surface area contributed by atoms with E-state index < -0.39 is 0 Å². The van der Waals surface area contributed by atoms with Crippen LogP contribution in [-0.2, 0) is 0 Å². The highest BCUT2D eigenvalue weighted by atomic mass is 35.5.